The van der Waals surface area contributed by atoms with E-state index in [-0.39, 0.29) is 11.7 Å². The normalized spacial score (nSPS) is 11.7. The number of rotatable bonds is 7. The van der Waals surface area contributed by atoms with Gasteiger partial charge in [-0.25, -0.2) is 8.42 Å². The van der Waals surface area contributed by atoms with Gasteiger partial charge in [-0.15, -0.1) is 0 Å². The quantitative estimate of drug-likeness (QED) is 0.330. The Balaban J connectivity index is 1.40. The Morgan fingerprint density at radius 1 is 0.771 bits per heavy atom. The van der Waals surface area contributed by atoms with Gasteiger partial charge in [0.25, 0.3) is 5.91 Å². The summed E-state index contributed by atoms with van der Waals surface area (Å²) in [6, 6.07) is 31.1. The Hall–Kier alpha value is -3.90. The van der Waals surface area contributed by atoms with Crippen LogP contribution in [0.4, 0.5) is 0 Å². The maximum atomic E-state index is 13.0. The Morgan fingerprint density at radius 3 is 2.20 bits per heavy atom. The molecule has 0 atom stereocenters. The number of amides is 1. The van der Waals surface area contributed by atoms with E-state index in [4.69, 9.17) is 0 Å². The number of carbonyl (C=O) groups excluding carboxylic acids is 1. The van der Waals surface area contributed by atoms with E-state index in [1.54, 1.807) is 31.2 Å². The number of benzene rings is 4. The van der Waals surface area contributed by atoms with Gasteiger partial charge in [-0.2, -0.15) is 0 Å². The van der Waals surface area contributed by atoms with E-state index in [1.165, 1.54) is 5.56 Å². The summed E-state index contributed by atoms with van der Waals surface area (Å²) in [5.41, 5.74) is 4.86. The monoisotopic (exact) mass is 482 g/mol. The molecule has 0 saturated heterocycles. The van der Waals surface area contributed by atoms with Crippen LogP contribution >= 0.6 is 0 Å². The number of fused-ring (bicyclic) bond motifs is 3. The second-order valence-corrected chi connectivity index (χ2v) is 10.8. The molecule has 0 spiro atoms. The Kier molecular flexibility index (Phi) is 6.14. The third-order valence-electron chi connectivity index (χ3n) is 6.33. The maximum absolute atomic E-state index is 13.0. The molecule has 5 rings (SSSR count). The highest BCUT2D eigenvalue weighted by Gasteiger charge is 2.14. The molecule has 0 radical (unpaired) electrons. The number of sulfone groups is 1. The number of nitrogens with one attached hydrogen (secondary N) is 1. The SMILES string of the molecule is CCS(=O)(=O)c1ccc(CNC(=O)c2ccc3c(c2)c2ccccc2n3Cc2ccccc2)cc1. The second-order valence-electron chi connectivity index (χ2n) is 8.55. The molecule has 0 bridgehead atoms. The highest BCUT2D eigenvalue weighted by molar-refractivity contribution is 7.91. The van der Waals surface area contributed by atoms with E-state index >= 15 is 0 Å². The summed E-state index contributed by atoms with van der Waals surface area (Å²) in [5, 5.41) is 5.10. The van der Waals surface area contributed by atoms with Gasteiger partial charge in [0.05, 0.1) is 10.6 Å². The van der Waals surface area contributed by atoms with Crippen LogP contribution in [0, 0.1) is 0 Å². The van der Waals surface area contributed by atoms with Crippen LogP contribution in [-0.2, 0) is 22.9 Å². The summed E-state index contributed by atoms with van der Waals surface area (Å²) in [6.07, 6.45) is 0. The number of para-hydroxylation sites is 1. The van der Waals surface area contributed by atoms with Crippen molar-refractivity contribution in [2.45, 2.75) is 24.9 Å². The van der Waals surface area contributed by atoms with Crippen LogP contribution in [0.25, 0.3) is 21.8 Å². The van der Waals surface area contributed by atoms with E-state index in [9.17, 15) is 13.2 Å². The standard InChI is InChI=1S/C29H26N2O3S/c1-2-35(33,34)24-15-12-21(13-16-24)19-30-29(32)23-14-17-28-26(18-23)25-10-6-7-11-27(25)31(28)20-22-8-4-3-5-9-22/h3-18H,2,19-20H2,1H3,(H,30,32). The molecule has 176 valence electrons. The van der Waals surface area contributed by atoms with E-state index < -0.39 is 9.84 Å². The number of carbonyl (C=O) groups is 1. The molecular formula is C29H26N2O3S. The molecule has 1 amide bonds. The predicted octanol–water partition coefficient (Wildman–Crippen LogP) is 5.57. The lowest BCUT2D eigenvalue weighted by Gasteiger charge is -2.09. The minimum absolute atomic E-state index is 0.0628. The first-order valence-electron chi connectivity index (χ1n) is 11.6. The van der Waals surface area contributed by atoms with Crippen LogP contribution in [0.1, 0.15) is 28.4 Å². The third kappa shape index (κ3) is 4.57. The Labute approximate surface area is 204 Å². The molecule has 0 aliphatic rings. The van der Waals surface area contributed by atoms with Gasteiger partial charge in [0.1, 0.15) is 0 Å². The van der Waals surface area contributed by atoms with Gasteiger partial charge in [0, 0.05) is 40.5 Å². The number of hydrogen-bond donors (Lipinski definition) is 1. The first-order valence-corrected chi connectivity index (χ1v) is 13.3. The van der Waals surface area contributed by atoms with Crippen molar-refractivity contribution in [3.8, 4) is 0 Å². The second kappa shape index (κ2) is 9.39. The fraction of sp³-hybridized carbons (Fsp3) is 0.138. The van der Waals surface area contributed by atoms with Crippen molar-refractivity contribution in [1.82, 2.24) is 9.88 Å². The van der Waals surface area contributed by atoms with Crippen molar-refractivity contribution >= 4 is 37.6 Å². The summed E-state index contributed by atoms with van der Waals surface area (Å²) < 4.78 is 26.3. The molecule has 1 aromatic heterocycles. The molecule has 0 aliphatic heterocycles. The molecule has 4 aromatic carbocycles. The lowest BCUT2D eigenvalue weighted by Crippen LogP contribution is -2.22. The van der Waals surface area contributed by atoms with Crippen LogP contribution in [0.15, 0.2) is 102 Å². The Morgan fingerprint density at radius 2 is 1.46 bits per heavy atom. The van der Waals surface area contributed by atoms with E-state index in [2.05, 4.69) is 34.1 Å². The zero-order valence-electron chi connectivity index (χ0n) is 19.4. The molecule has 1 N–H and O–H groups in total. The molecule has 0 unspecified atom stereocenters. The van der Waals surface area contributed by atoms with Crippen molar-refractivity contribution in [3.63, 3.8) is 0 Å². The summed E-state index contributed by atoms with van der Waals surface area (Å²) in [5.74, 6) is -0.107. The largest absolute Gasteiger partial charge is 0.348 e. The average molecular weight is 483 g/mol. The highest BCUT2D eigenvalue weighted by Crippen LogP contribution is 2.30. The lowest BCUT2D eigenvalue weighted by atomic mass is 10.1. The van der Waals surface area contributed by atoms with Gasteiger partial charge in [-0.1, -0.05) is 67.6 Å². The molecule has 0 aliphatic carbocycles. The molecule has 1 heterocycles. The molecular weight excluding hydrogens is 456 g/mol. The van der Waals surface area contributed by atoms with Crippen molar-refractivity contribution in [3.05, 3.63) is 114 Å². The molecule has 5 aromatic rings. The molecule has 6 heteroatoms. The van der Waals surface area contributed by atoms with Crippen LogP contribution in [0.2, 0.25) is 0 Å². The first kappa shape index (κ1) is 22.9. The van der Waals surface area contributed by atoms with Gasteiger partial charge < -0.3 is 9.88 Å². The van der Waals surface area contributed by atoms with Gasteiger partial charge in [0.15, 0.2) is 9.84 Å². The molecule has 35 heavy (non-hydrogen) atoms. The Bertz CT molecular complexity index is 1620. The minimum Gasteiger partial charge on any atom is -0.348 e. The zero-order chi connectivity index (χ0) is 24.4. The number of aromatic nitrogens is 1. The van der Waals surface area contributed by atoms with Gasteiger partial charge in [-0.3, -0.25) is 4.79 Å². The van der Waals surface area contributed by atoms with E-state index in [1.807, 2.05) is 48.5 Å². The van der Waals surface area contributed by atoms with Gasteiger partial charge >= 0.3 is 0 Å². The van der Waals surface area contributed by atoms with Crippen LogP contribution in [0.3, 0.4) is 0 Å². The molecule has 0 fully saturated rings. The van der Waals surface area contributed by atoms with Crippen molar-refractivity contribution < 1.29 is 13.2 Å². The summed E-state index contributed by atoms with van der Waals surface area (Å²) in [7, 11) is -3.24. The highest BCUT2D eigenvalue weighted by atomic mass is 32.2. The summed E-state index contributed by atoms with van der Waals surface area (Å²) in [4.78, 5) is 13.3. The molecule has 0 saturated carbocycles. The van der Waals surface area contributed by atoms with Gasteiger partial charge in [0.2, 0.25) is 0 Å². The van der Waals surface area contributed by atoms with Crippen LogP contribution < -0.4 is 5.32 Å². The maximum Gasteiger partial charge on any atom is 0.251 e. The van der Waals surface area contributed by atoms with Gasteiger partial charge in [-0.05, 0) is 47.5 Å². The van der Waals surface area contributed by atoms with E-state index in [0.29, 0.717) is 17.0 Å². The van der Waals surface area contributed by atoms with Crippen molar-refractivity contribution in [2.75, 3.05) is 5.75 Å². The predicted molar refractivity (Wildman–Crippen MR) is 140 cm³/mol. The minimum atomic E-state index is -3.24. The molecule has 5 nitrogen and oxygen atoms in total. The van der Waals surface area contributed by atoms with Crippen LogP contribution in [0.5, 0.6) is 0 Å². The fourth-order valence-corrected chi connectivity index (χ4v) is 5.28. The zero-order valence-corrected chi connectivity index (χ0v) is 20.3. The first-order chi connectivity index (χ1) is 17.0. The van der Waals surface area contributed by atoms with Crippen molar-refractivity contribution in [2.24, 2.45) is 0 Å². The summed E-state index contributed by atoms with van der Waals surface area (Å²) >= 11 is 0. The lowest BCUT2D eigenvalue weighted by molar-refractivity contribution is 0.0951. The topological polar surface area (TPSA) is 68.2 Å². The summed E-state index contributed by atoms with van der Waals surface area (Å²) in [6.45, 7) is 2.69. The van der Waals surface area contributed by atoms with E-state index in [0.717, 1.165) is 33.9 Å². The third-order valence-corrected chi connectivity index (χ3v) is 8.08. The smallest absolute Gasteiger partial charge is 0.251 e. The van der Waals surface area contributed by atoms with Crippen molar-refractivity contribution in [1.29, 1.82) is 0 Å². The number of nitrogens with zero attached hydrogens (tertiary/aromatic N) is 1. The fourth-order valence-electron chi connectivity index (χ4n) is 4.40. The van der Waals surface area contributed by atoms with Crippen LogP contribution in [-0.4, -0.2) is 24.6 Å². The number of hydrogen-bond acceptors (Lipinski definition) is 3. The average Bonchev–Trinajstić information content (AvgIpc) is 3.21.